The molecule has 90 valence electrons. The zero-order valence-electron chi connectivity index (χ0n) is 9.99. The van der Waals surface area contributed by atoms with Gasteiger partial charge in [-0.2, -0.15) is 0 Å². The van der Waals surface area contributed by atoms with Crippen LogP contribution in [-0.2, 0) is 6.54 Å². The Morgan fingerprint density at radius 1 is 1.44 bits per heavy atom. The minimum absolute atomic E-state index is 0.0235. The Bertz CT molecular complexity index is 316. The Kier molecular flexibility index (Phi) is 5.82. The van der Waals surface area contributed by atoms with E-state index < -0.39 is 0 Å². The lowest BCUT2D eigenvalue weighted by atomic mass is 10.2. The van der Waals surface area contributed by atoms with Gasteiger partial charge < -0.3 is 15.2 Å². The maximum atomic E-state index is 8.73. The van der Waals surface area contributed by atoms with Gasteiger partial charge in [-0.3, -0.25) is 4.98 Å². The Labute approximate surface area is 96.7 Å². The van der Waals surface area contributed by atoms with Crippen LogP contribution in [0, 0.1) is 6.92 Å². The molecule has 16 heavy (non-hydrogen) atoms. The van der Waals surface area contributed by atoms with E-state index in [1.165, 1.54) is 0 Å². The lowest BCUT2D eigenvalue weighted by Crippen LogP contribution is -2.16. The van der Waals surface area contributed by atoms with Gasteiger partial charge in [0.2, 0.25) is 0 Å². The molecule has 0 bridgehead atoms. The first-order chi connectivity index (χ1) is 7.77. The highest BCUT2D eigenvalue weighted by Crippen LogP contribution is 2.16. The van der Waals surface area contributed by atoms with E-state index in [1.54, 1.807) is 0 Å². The van der Waals surface area contributed by atoms with Gasteiger partial charge in [0.25, 0.3) is 0 Å². The summed E-state index contributed by atoms with van der Waals surface area (Å²) in [5.74, 6) is 0.753. The van der Waals surface area contributed by atoms with Crippen LogP contribution in [0.1, 0.15) is 24.7 Å². The largest absolute Gasteiger partial charge is 0.489 e. The SMILES string of the molecule is CCCNCc1nc(C)ccc1OCCO. The molecule has 0 fully saturated rings. The first-order valence-electron chi connectivity index (χ1n) is 5.68. The molecule has 0 aliphatic rings. The fourth-order valence-electron chi connectivity index (χ4n) is 1.39. The van der Waals surface area contributed by atoms with Crippen LogP contribution in [0.25, 0.3) is 0 Å². The molecule has 1 aromatic rings. The molecule has 1 rings (SSSR count). The molecule has 4 heteroatoms. The average Bonchev–Trinajstić information content (AvgIpc) is 2.28. The molecule has 0 radical (unpaired) electrons. The second-order valence-corrected chi connectivity index (χ2v) is 3.65. The van der Waals surface area contributed by atoms with Gasteiger partial charge in [-0.1, -0.05) is 6.92 Å². The quantitative estimate of drug-likeness (QED) is 0.685. The van der Waals surface area contributed by atoms with Crippen molar-refractivity contribution < 1.29 is 9.84 Å². The predicted molar refractivity (Wildman–Crippen MR) is 63.6 cm³/mol. The third-order valence-electron chi connectivity index (χ3n) is 2.14. The number of aliphatic hydroxyl groups excluding tert-OH is 1. The van der Waals surface area contributed by atoms with Crippen LogP contribution >= 0.6 is 0 Å². The Morgan fingerprint density at radius 2 is 2.25 bits per heavy atom. The molecule has 4 nitrogen and oxygen atoms in total. The van der Waals surface area contributed by atoms with Gasteiger partial charge in [-0.05, 0) is 32.0 Å². The summed E-state index contributed by atoms with van der Waals surface area (Å²) in [6.07, 6.45) is 1.10. The Balaban J connectivity index is 2.65. The molecule has 0 amide bonds. The molecule has 0 atom stereocenters. The number of aryl methyl sites for hydroxylation is 1. The highest BCUT2D eigenvalue weighted by Gasteiger charge is 2.05. The molecule has 1 aromatic heterocycles. The zero-order valence-corrected chi connectivity index (χ0v) is 9.99. The molecule has 0 saturated heterocycles. The zero-order chi connectivity index (χ0) is 11.8. The van der Waals surface area contributed by atoms with Gasteiger partial charge in [0.1, 0.15) is 12.4 Å². The van der Waals surface area contributed by atoms with Crippen molar-refractivity contribution >= 4 is 0 Å². The molecule has 0 spiro atoms. The molecule has 0 aliphatic carbocycles. The fraction of sp³-hybridized carbons (Fsp3) is 0.583. The second kappa shape index (κ2) is 7.19. The Hall–Kier alpha value is -1.13. The van der Waals surface area contributed by atoms with E-state index in [2.05, 4.69) is 17.2 Å². The van der Waals surface area contributed by atoms with Crippen molar-refractivity contribution in [1.29, 1.82) is 0 Å². The first-order valence-corrected chi connectivity index (χ1v) is 5.68. The summed E-state index contributed by atoms with van der Waals surface area (Å²) in [6.45, 7) is 6.09. The predicted octanol–water partition coefficient (Wildman–Crippen LogP) is 1.26. The summed E-state index contributed by atoms with van der Waals surface area (Å²) in [4.78, 5) is 4.43. The van der Waals surface area contributed by atoms with E-state index in [1.807, 2.05) is 19.1 Å². The monoisotopic (exact) mass is 224 g/mol. The van der Waals surface area contributed by atoms with Crippen LogP contribution in [-0.4, -0.2) is 29.8 Å². The number of nitrogens with zero attached hydrogens (tertiary/aromatic N) is 1. The smallest absolute Gasteiger partial charge is 0.142 e. The van der Waals surface area contributed by atoms with E-state index >= 15 is 0 Å². The number of rotatable bonds is 7. The molecule has 0 unspecified atom stereocenters. The highest BCUT2D eigenvalue weighted by atomic mass is 16.5. The normalized spacial score (nSPS) is 10.4. The molecule has 0 aromatic carbocycles. The van der Waals surface area contributed by atoms with Crippen LogP contribution in [0.4, 0.5) is 0 Å². The lowest BCUT2D eigenvalue weighted by Gasteiger charge is -2.11. The Morgan fingerprint density at radius 3 is 2.94 bits per heavy atom. The van der Waals surface area contributed by atoms with E-state index in [9.17, 15) is 0 Å². The number of hydrogen-bond acceptors (Lipinski definition) is 4. The minimum atomic E-state index is 0.0235. The molecule has 2 N–H and O–H groups in total. The summed E-state index contributed by atoms with van der Waals surface area (Å²) in [7, 11) is 0. The van der Waals surface area contributed by atoms with Crippen LogP contribution in [0.5, 0.6) is 5.75 Å². The van der Waals surface area contributed by atoms with E-state index in [0.717, 1.165) is 30.1 Å². The van der Waals surface area contributed by atoms with E-state index in [4.69, 9.17) is 9.84 Å². The standard InChI is InChI=1S/C12H20N2O2/c1-3-6-13-9-11-12(16-8-7-15)5-4-10(2)14-11/h4-5,13,15H,3,6-9H2,1-2H3. The van der Waals surface area contributed by atoms with Crippen molar-refractivity contribution in [1.82, 2.24) is 10.3 Å². The van der Waals surface area contributed by atoms with Crippen LogP contribution in [0.15, 0.2) is 12.1 Å². The minimum Gasteiger partial charge on any atom is -0.489 e. The van der Waals surface area contributed by atoms with Crippen molar-refractivity contribution in [2.45, 2.75) is 26.8 Å². The summed E-state index contributed by atoms with van der Waals surface area (Å²) < 4.78 is 5.42. The molecular weight excluding hydrogens is 204 g/mol. The third-order valence-corrected chi connectivity index (χ3v) is 2.14. The maximum absolute atomic E-state index is 8.73. The van der Waals surface area contributed by atoms with Gasteiger partial charge in [0, 0.05) is 12.2 Å². The van der Waals surface area contributed by atoms with Crippen molar-refractivity contribution in [3.05, 3.63) is 23.5 Å². The average molecular weight is 224 g/mol. The van der Waals surface area contributed by atoms with Gasteiger partial charge in [-0.25, -0.2) is 0 Å². The van der Waals surface area contributed by atoms with Crippen molar-refractivity contribution in [3.8, 4) is 5.75 Å². The number of pyridine rings is 1. The molecule has 0 aliphatic heterocycles. The first kappa shape index (κ1) is 12.9. The lowest BCUT2D eigenvalue weighted by molar-refractivity contribution is 0.199. The fourth-order valence-corrected chi connectivity index (χ4v) is 1.39. The van der Waals surface area contributed by atoms with Crippen molar-refractivity contribution in [3.63, 3.8) is 0 Å². The summed E-state index contributed by atoms with van der Waals surface area (Å²) in [5.41, 5.74) is 1.88. The number of ether oxygens (including phenoxy) is 1. The third kappa shape index (κ3) is 4.16. The molecular formula is C12H20N2O2. The van der Waals surface area contributed by atoms with E-state index in [0.29, 0.717) is 13.2 Å². The van der Waals surface area contributed by atoms with Gasteiger partial charge in [0.15, 0.2) is 0 Å². The van der Waals surface area contributed by atoms with Crippen LogP contribution in [0.3, 0.4) is 0 Å². The number of hydrogen-bond donors (Lipinski definition) is 2. The maximum Gasteiger partial charge on any atom is 0.142 e. The van der Waals surface area contributed by atoms with Gasteiger partial charge >= 0.3 is 0 Å². The van der Waals surface area contributed by atoms with Crippen LogP contribution in [0.2, 0.25) is 0 Å². The van der Waals surface area contributed by atoms with Crippen molar-refractivity contribution in [2.75, 3.05) is 19.8 Å². The summed E-state index contributed by atoms with van der Waals surface area (Å²) in [6, 6.07) is 3.82. The highest BCUT2D eigenvalue weighted by molar-refractivity contribution is 5.29. The van der Waals surface area contributed by atoms with E-state index in [-0.39, 0.29) is 6.61 Å². The summed E-state index contributed by atoms with van der Waals surface area (Å²) >= 11 is 0. The second-order valence-electron chi connectivity index (χ2n) is 3.65. The molecule has 0 saturated carbocycles. The van der Waals surface area contributed by atoms with Gasteiger partial charge in [0.05, 0.1) is 12.3 Å². The van der Waals surface area contributed by atoms with Crippen LogP contribution < -0.4 is 10.1 Å². The summed E-state index contributed by atoms with van der Waals surface area (Å²) in [5, 5.41) is 12.0. The number of aromatic nitrogens is 1. The number of aliphatic hydroxyl groups is 1. The van der Waals surface area contributed by atoms with Gasteiger partial charge in [-0.15, -0.1) is 0 Å². The number of nitrogens with one attached hydrogen (secondary N) is 1. The molecule has 1 heterocycles. The van der Waals surface area contributed by atoms with Crippen molar-refractivity contribution in [2.24, 2.45) is 0 Å². The topological polar surface area (TPSA) is 54.4 Å².